The number of thiazole rings is 1. The molecule has 0 aliphatic carbocycles. The van der Waals surface area contributed by atoms with Gasteiger partial charge in [0.05, 0.1) is 31.6 Å². The monoisotopic (exact) mass is 490 g/mol. The number of furan rings is 1. The Morgan fingerprint density at radius 3 is 2.62 bits per heavy atom. The van der Waals surface area contributed by atoms with E-state index in [1.807, 2.05) is 13.8 Å². The molecule has 0 unspecified atom stereocenters. The quantitative estimate of drug-likeness (QED) is 0.604. The zero-order valence-corrected chi connectivity index (χ0v) is 20.3. The molecule has 3 amide bonds. The number of piperidine rings is 1. The predicted molar refractivity (Wildman–Crippen MR) is 124 cm³/mol. The average molecular weight is 491 g/mol. The van der Waals surface area contributed by atoms with Gasteiger partial charge in [-0.25, -0.2) is 4.98 Å². The van der Waals surface area contributed by atoms with Gasteiger partial charge in [0, 0.05) is 37.9 Å². The number of aromatic nitrogens is 1. The van der Waals surface area contributed by atoms with Crippen molar-refractivity contribution < 1.29 is 28.3 Å². The van der Waals surface area contributed by atoms with Crippen molar-refractivity contribution in [3.05, 3.63) is 35.2 Å². The second-order valence-electron chi connectivity index (χ2n) is 8.91. The van der Waals surface area contributed by atoms with Gasteiger partial charge in [-0.05, 0) is 18.1 Å². The number of rotatable bonds is 8. The first-order valence-electron chi connectivity index (χ1n) is 11.5. The molecule has 1 spiro atoms. The molecule has 0 bridgehead atoms. The number of nitrogens with one attached hydrogen (secondary N) is 1. The molecule has 2 saturated heterocycles. The third-order valence-corrected chi connectivity index (χ3v) is 6.57. The molecule has 1 N–H and O–H groups in total. The maximum Gasteiger partial charge on any atom is 0.290 e. The van der Waals surface area contributed by atoms with Crippen LogP contribution < -0.4 is 5.32 Å². The Labute approximate surface area is 202 Å². The molecule has 2 aliphatic heterocycles. The molecule has 10 nitrogen and oxygen atoms in total. The highest BCUT2D eigenvalue weighted by molar-refractivity contribution is 7.13. The maximum atomic E-state index is 12.7. The van der Waals surface area contributed by atoms with Gasteiger partial charge in [-0.15, -0.1) is 11.3 Å². The van der Waals surface area contributed by atoms with Crippen LogP contribution in [0, 0.1) is 5.92 Å². The van der Waals surface area contributed by atoms with E-state index in [9.17, 15) is 14.4 Å². The van der Waals surface area contributed by atoms with Gasteiger partial charge in [-0.2, -0.15) is 0 Å². The van der Waals surface area contributed by atoms with Crippen LogP contribution in [-0.4, -0.2) is 77.7 Å². The molecule has 0 atom stereocenters. The zero-order valence-electron chi connectivity index (χ0n) is 19.5. The van der Waals surface area contributed by atoms with Gasteiger partial charge in [-0.1, -0.05) is 13.8 Å². The standard InChI is InChI=1S/C23H30N4O6S/c1-16(2)13-27(21(30)18-4-3-9-31-18)14-19(28)25-22-24-17(15-34-22)12-20(29)26-7-5-23(6-8-26)32-10-11-33-23/h3-4,9,15-16H,5-8,10-14H2,1-2H3,(H,24,25,28). The Morgan fingerprint density at radius 2 is 1.97 bits per heavy atom. The van der Waals surface area contributed by atoms with Crippen LogP contribution in [0.5, 0.6) is 0 Å². The summed E-state index contributed by atoms with van der Waals surface area (Å²) in [6.07, 6.45) is 2.93. The molecule has 0 radical (unpaired) electrons. The van der Waals surface area contributed by atoms with E-state index in [0.717, 1.165) is 0 Å². The van der Waals surface area contributed by atoms with E-state index in [2.05, 4.69) is 10.3 Å². The summed E-state index contributed by atoms with van der Waals surface area (Å²) in [4.78, 5) is 45.6. The molecule has 4 rings (SSSR count). The first-order chi connectivity index (χ1) is 16.3. The number of nitrogens with zero attached hydrogens (tertiary/aromatic N) is 3. The van der Waals surface area contributed by atoms with E-state index in [-0.39, 0.29) is 42.4 Å². The Hall–Kier alpha value is -2.76. The van der Waals surface area contributed by atoms with E-state index < -0.39 is 5.79 Å². The number of carbonyl (C=O) groups excluding carboxylic acids is 3. The third-order valence-electron chi connectivity index (χ3n) is 5.76. The molecular formula is C23H30N4O6S. The minimum atomic E-state index is -0.517. The molecule has 0 saturated carbocycles. The summed E-state index contributed by atoms with van der Waals surface area (Å²) < 4.78 is 16.6. The Bertz CT molecular complexity index is 989. The number of hydrogen-bond donors (Lipinski definition) is 1. The van der Waals surface area contributed by atoms with Gasteiger partial charge >= 0.3 is 0 Å². The van der Waals surface area contributed by atoms with Crippen LogP contribution in [0.1, 0.15) is 42.9 Å². The van der Waals surface area contributed by atoms with E-state index >= 15 is 0 Å². The van der Waals surface area contributed by atoms with Crippen molar-refractivity contribution in [3.8, 4) is 0 Å². The maximum absolute atomic E-state index is 12.7. The topological polar surface area (TPSA) is 114 Å². The molecule has 2 aromatic rings. The van der Waals surface area contributed by atoms with Crippen molar-refractivity contribution in [1.29, 1.82) is 0 Å². The molecule has 11 heteroatoms. The second kappa shape index (κ2) is 10.7. The average Bonchev–Trinajstić information content (AvgIpc) is 3.56. The lowest BCUT2D eigenvalue weighted by atomic mass is 10.0. The molecule has 184 valence electrons. The molecule has 2 fully saturated rings. The number of amides is 3. The first kappa shape index (κ1) is 24.4. The first-order valence-corrected chi connectivity index (χ1v) is 12.3. The predicted octanol–water partition coefficient (Wildman–Crippen LogP) is 2.38. The second-order valence-corrected chi connectivity index (χ2v) is 9.77. The minimum absolute atomic E-state index is 0.0109. The largest absolute Gasteiger partial charge is 0.459 e. The van der Waals surface area contributed by atoms with Gasteiger partial charge in [-0.3, -0.25) is 14.4 Å². The normalized spacial score (nSPS) is 17.3. The van der Waals surface area contributed by atoms with Crippen LogP contribution >= 0.6 is 11.3 Å². The van der Waals surface area contributed by atoms with Gasteiger partial charge < -0.3 is 29.0 Å². The fraction of sp³-hybridized carbons (Fsp3) is 0.565. The number of anilines is 1. The van der Waals surface area contributed by atoms with Crippen molar-refractivity contribution in [2.45, 2.75) is 38.9 Å². The molecule has 2 aliphatic rings. The fourth-order valence-electron chi connectivity index (χ4n) is 4.14. The lowest BCUT2D eigenvalue weighted by Crippen LogP contribution is -2.47. The highest BCUT2D eigenvalue weighted by atomic mass is 32.1. The number of carbonyl (C=O) groups is 3. The number of likely N-dealkylation sites (tertiary alicyclic amines) is 1. The Morgan fingerprint density at radius 1 is 1.24 bits per heavy atom. The summed E-state index contributed by atoms with van der Waals surface area (Å²) in [5.74, 6) is -0.847. The lowest BCUT2D eigenvalue weighted by Gasteiger charge is -2.37. The van der Waals surface area contributed by atoms with Crippen molar-refractivity contribution in [3.63, 3.8) is 0 Å². The summed E-state index contributed by atoms with van der Waals surface area (Å²) in [6, 6.07) is 3.21. The van der Waals surface area contributed by atoms with Crippen LogP contribution in [0.3, 0.4) is 0 Å². The zero-order chi connectivity index (χ0) is 24.1. The lowest BCUT2D eigenvalue weighted by molar-refractivity contribution is -0.187. The molecule has 34 heavy (non-hydrogen) atoms. The SMILES string of the molecule is CC(C)CN(CC(=O)Nc1nc(CC(=O)N2CCC3(CC2)OCCO3)cs1)C(=O)c1ccco1. The van der Waals surface area contributed by atoms with Crippen molar-refractivity contribution >= 4 is 34.2 Å². The van der Waals surface area contributed by atoms with E-state index in [0.29, 0.717) is 56.5 Å². The highest BCUT2D eigenvalue weighted by Gasteiger charge is 2.40. The Kier molecular flexibility index (Phi) is 7.64. The fourth-order valence-corrected chi connectivity index (χ4v) is 4.87. The van der Waals surface area contributed by atoms with Gasteiger partial charge in [0.25, 0.3) is 5.91 Å². The van der Waals surface area contributed by atoms with Crippen LogP contribution in [0.15, 0.2) is 28.2 Å². The summed E-state index contributed by atoms with van der Waals surface area (Å²) in [7, 11) is 0. The van der Waals surface area contributed by atoms with E-state index in [1.165, 1.54) is 22.5 Å². The summed E-state index contributed by atoms with van der Waals surface area (Å²) in [5.41, 5.74) is 0.602. The van der Waals surface area contributed by atoms with Crippen LogP contribution in [-0.2, 0) is 25.5 Å². The van der Waals surface area contributed by atoms with E-state index in [4.69, 9.17) is 13.9 Å². The van der Waals surface area contributed by atoms with Crippen molar-refractivity contribution in [2.75, 3.05) is 44.7 Å². The summed E-state index contributed by atoms with van der Waals surface area (Å²) in [5, 5.41) is 4.90. The van der Waals surface area contributed by atoms with Crippen molar-refractivity contribution in [2.24, 2.45) is 5.92 Å². The molecule has 2 aromatic heterocycles. The third kappa shape index (κ3) is 6.02. The smallest absolute Gasteiger partial charge is 0.290 e. The molecular weight excluding hydrogens is 460 g/mol. The number of ether oxygens (including phenoxy) is 2. The summed E-state index contributed by atoms with van der Waals surface area (Å²) in [6.45, 7) is 6.62. The van der Waals surface area contributed by atoms with Crippen LogP contribution in [0.25, 0.3) is 0 Å². The van der Waals surface area contributed by atoms with Crippen LogP contribution in [0.4, 0.5) is 5.13 Å². The highest BCUT2D eigenvalue weighted by Crippen LogP contribution is 2.31. The van der Waals surface area contributed by atoms with Crippen molar-refractivity contribution in [1.82, 2.24) is 14.8 Å². The minimum Gasteiger partial charge on any atom is -0.459 e. The summed E-state index contributed by atoms with van der Waals surface area (Å²) >= 11 is 1.25. The van der Waals surface area contributed by atoms with Gasteiger partial charge in [0.2, 0.25) is 11.8 Å². The van der Waals surface area contributed by atoms with E-state index in [1.54, 1.807) is 22.4 Å². The molecule has 0 aromatic carbocycles. The van der Waals surface area contributed by atoms with Gasteiger partial charge in [0.15, 0.2) is 16.7 Å². The van der Waals surface area contributed by atoms with Gasteiger partial charge in [0.1, 0.15) is 6.54 Å². The number of hydrogen-bond acceptors (Lipinski definition) is 8. The van der Waals surface area contributed by atoms with Crippen LogP contribution in [0.2, 0.25) is 0 Å². The Balaban J connectivity index is 1.28. The molecule has 4 heterocycles.